The van der Waals surface area contributed by atoms with Gasteiger partial charge in [-0.05, 0) is 54.7 Å². The molecule has 0 aliphatic heterocycles. The van der Waals surface area contributed by atoms with Gasteiger partial charge in [0.15, 0.2) is 16.6 Å². The molecule has 6 nitrogen and oxygen atoms in total. The van der Waals surface area contributed by atoms with Crippen LogP contribution in [0.15, 0.2) is 12.2 Å². The predicted molar refractivity (Wildman–Crippen MR) is 178 cm³/mol. The second kappa shape index (κ2) is 13.9. The van der Waals surface area contributed by atoms with E-state index in [4.69, 9.17) is 8.85 Å². The highest BCUT2D eigenvalue weighted by molar-refractivity contribution is 14.2. The molecule has 0 aromatic carbocycles. The van der Waals surface area contributed by atoms with Gasteiger partial charge in [0.2, 0.25) is 0 Å². The number of hydrogen-bond donors (Lipinski definition) is 2. The SMILES string of the molecule is C=C1[C@H](O)CC(=O)C[C@H]1O[Si](C)(C)C(C)(C)C.CC(C)(C)[Si](C)(C)O[C@@H]1CC(=O)C[C@@H](O)C12CC2.ICI. The van der Waals surface area contributed by atoms with Crippen molar-refractivity contribution in [3.8, 4) is 0 Å². The van der Waals surface area contributed by atoms with Crippen LogP contribution in [0.3, 0.4) is 0 Å². The maximum Gasteiger partial charge on any atom is 0.192 e. The monoisotopic (exact) mass is 794 g/mol. The van der Waals surface area contributed by atoms with E-state index >= 15 is 0 Å². The van der Waals surface area contributed by atoms with Crippen molar-refractivity contribution in [1.29, 1.82) is 0 Å². The number of halogens is 2. The average Bonchev–Trinajstić information content (AvgIpc) is 3.51. The first-order valence-electron chi connectivity index (χ1n) is 13.6. The van der Waals surface area contributed by atoms with Gasteiger partial charge < -0.3 is 19.1 Å². The molecular weight excluding hydrogens is 742 g/mol. The van der Waals surface area contributed by atoms with Gasteiger partial charge in [-0.3, -0.25) is 9.59 Å². The Morgan fingerprint density at radius 2 is 1.26 bits per heavy atom. The zero-order chi connectivity index (χ0) is 29.9. The molecule has 4 atom stereocenters. The second-order valence-corrected chi connectivity index (χ2v) is 28.0. The van der Waals surface area contributed by atoms with E-state index in [1.54, 1.807) is 0 Å². The third-order valence-electron chi connectivity index (χ3n) is 9.13. The smallest absolute Gasteiger partial charge is 0.192 e. The van der Waals surface area contributed by atoms with E-state index in [9.17, 15) is 19.8 Å². The number of rotatable bonds is 4. The summed E-state index contributed by atoms with van der Waals surface area (Å²) in [6.07, 6.45) is 1.86. The number of aliphatic hydroxyl groups excluding tert-OH is 2. The van der Waals surface area contributed by atoms with Crippen molar-refractivity contribution in [1.82, 2.24) is 0 Å². The minimum absolute atomic E-state index is 0.0466. The molecule has 2 N–H and O–H groups in total. The lowest BCUT2D eigenvalue weighted by molar-refractivity contribution is -0.132. The predicted octanol–water partition coefficient (Wildman–Crippen LogP) is 7.35. The van der Waals surface area contributed by atoms with Crippen LogP contribution in [0.4, 0.5) is 0 Å². The standard InChI is InChI=1S/C14H26O3Si.C13H24O3Si.CH2I2/c1-13(2,3)18(4,5)17-12-9-10(15)8-11(16)14(12)6-7-14;1-9-11(15)7-10(14)8-12(9)16-17(5,6)13(2,3)4;2-1-3/h11-12,16H,6-9H2,1-5H3;11-12,15H,1,7-8H2,2-6H3;1H2/t2*11-,12-;/m11./s1. The largest absolute Gasteiger partial charge is 0.413 e. The Bertz CT molecular complexity index is 843. The highest BCUT2D eigenvalue weighted by atomic mass is 127. The van der Waals surface area contributed by atoms with E-state index in [1.807, 2.05) is 0 Å². The van der Waals surface area contributed by atoms with E-state index in [0.29, 0.717) is 24.8 Å². The summed E-state index contributed by atoms with van der Waals surface area (Å²) in [7, 11) is -3.78. The molecule has 222 valence electrons. The third kappa shape index (κ3) is 9.69. The Hall–Kier alpha value is 0.814. The molecule has 0 aromatic rings. The molecule has 3 rings (SSSR count). The van der Waals surface area contributed by atoms with Crippen molar-refractivity contribution < 1.29 is 28.7 Å². The van der Waals surface area contributed by atoms with Crippen LogP contribution in [-0.2, 0) is 18.4 Å². The summed E-state index contributed by atoms with van der Waals surface area (Å²) in [6, 6.07) is 0. The Labute approximate surface area is 261 Å². The Kier molecular flexibility index (Phi) is 13.4. The van der Waals surface area contributed by atoms with Gasteiger partial charge in [0.05, 0.1) is 26.9 Å². The summed E-state index contributed by atoms with van der Waals surface area (Å²) in [6.45, 7) is 25.7. The quantitative estimate of drug-likeness (QED) is 0.134. The summed E-state index contributed by atoms with van der Waals surface area (Å²) in [4.78, 5) is 23.2. The van der Waals surface area contributed by atoms with Crippen LogP contribution < -0.4 is 0 Å². The number of carbonyl (C=O) groups excluding carboxylic acids is 2. The van der Waals surface area contributed by atoms with Crippen LogP contribution in [0.2, 0.25) is 36.3 Å². The van der Waals surface area contributed by atoms with Crippen molar-refractivity contribution in [2.75, 3.05) is 2.43 Å². The summed E-state index contributed by atoms with van der Waals surface area (Å²) < 4.78 is 13.8. The molecule has 3 aliphatic carbocycles. The number of carbonyl (C=O) groups is 2. The van der Waals surface area contributed by atoms with Crippen molar-refractivity contribution in [3.63, 3.8) is 0 Å². The van der Waals surface area contributed by atoms with Gasteiger partial charge >= 0.3 is 0 Å². The van der Waals surface area contributed by atoms with E-state index in [-0.39, 0.29) is 45.7 Å². The number of aliphatic hydroxyl groups is 2. The van der Waals surface area contributed by atoms with Crippen molar-refractivity contribution in [2.45, 2.75) is 141 Å². The first-order valence-corrected chi connectivity index (χ1v) is 22.5. The molecule has 0 heterocycles. The van der Waals surface area contributed by atoms with Crippen molar-refractivity contribution >= 4 is 73.4 Å². The highest BCUT2D eigenvalue weighted by Crippen LogP contribution is 2.58. The summed E-state index contributed by atoms with van der Waals surface area (Å²) >= 11 is 4.55. The van der Waals surface area contributed by atoms with Crippen molar-refractivity contribution in [2.24, 2.45) is 5.41 Å². The number of hydrogen-bond acceptors (Lipinski definition) is 6. The van der Waals surface area contributed by atoms with E-state index < -0.39 is 28.8 Å². The van der Waals surface area contributed by atoms with E-state index in [1.165, 1.54) is 2.43 Å². The molecule has 0 amide bonds. The van der Waals surface area contributed by atoms with Crippen molar-refractivity contribution in [3.05, 3.63) is 12.2 Å². The van der Waals surface area contributed by atoms with Gasteiger partial charge in [0.1, 0.15) is 11.6 Å². The van der Waals surface area contributed by atoms with Crippen LogP contribution in [0, 0.1) is 5.41 Å². The Morgan fingerprint density at radius 3 is 1.68 bits per heavy atom. The lowest BCUT2D eigenvalue weighted by atomic mass is 9.80. The zero-order valence-corrected chi connectivity index (χ0v) is 31.6. The normalized spacial score (nSPS) is 27.8. The summed E-state index contributed by atoms with van der Waals surface area (Å²) in [5.74, 6) is 0.220. The lowest BCUT2D eigenvalue weighted by Gasteiger charge is -2.44. The van der Waals surface area contributed by atoms with Gasteiger partial charge in [0.25, 0.3) is 0 Å². The molecule has 0 unspecified atom stereocenters. The fraction of sp³-hybridized carbons (Fsp3) is 0.857. The maximum atomic E-state index is 11.7. The Morgan fingerprint density at radius 1 is 0.842 bits per heavy atom. The zero-order valence-electron chi connectivity index (χ0n) is 25.2. The molecule has 0 saturated heterocycles. The van der Waals surface area contributed by atoms with Gasteiger partial charge in [-0.25, -0.2) is 0 Å². The number of Topliss-reactive ketones (excluding diaryl/α,β-unsaturated/α-hetero) is 2. The summed E-state index contributed by atoms with van der Waals surface area (Å²) in [5, 5.41) is 20.1. The minimum Gasteiger partial charge on any atom is -0.413 e. The fourth-order valence-corrected chi connectivity index (χ4v) is 6.93. The molecule has 38 heavy (non-hydrogen) atoms. The fourth-order valence-electron chi connectivity index (χ4n) is 4.25. The topological polar surface area (TPSA) is 93.1 Å². The summed E-state index contributed by atoms with van der Waals surface area (Å²) in [5.41, 5.74) is 0.568. The maximum absolute atomic E-state index is 11.7. The second-order valence-electron chi connectivity index (χ2n) is 14.1. The van der Waals surface area contributed by atoms with Gasteiger partial charge in [-0.1, -0.05) is 93.3 Å². The third-order valence-corrected chi connectivity index (χ3v) is 18.1. The van der Waals surface area contributed by atoms with Crippen LogP contribution in [0.1, 0.15) is 80.1 Å². The molecule has 0 bridgehead atoms. The van der Waals surface area contributed by atoms with Crippen LogP contribution in [0.5, 0.6) is 0 Å². The highest BCUT2D eigenvalue weighted by Gasteiger charge is 2.60. The van der Waals surface area contributed by atoms with E-state index in [0.717, 1.165) is 12.8 Å². The Balaban J connectivity index is 0.000000345. The van der Waals surface area contributed by atoms with Crippen LogP contribution in [0.25, 0.3) is 0 Å². The van der Waals surface area contributed by atoms with Gasteiger partial charge in [-0.2, -0.15) is 0 Å². The van der Waals surface area contributed by atoms with Crippen LogP contribution in [-0.4, -0.2) is 65.3 Å². The molecule has 0 aromatic heterocycles. The molecule has 3 aliphatic rings. The number of alkyl halides is 2. The first kappa shape index (κ1) is 36.8. The molecule has 3 saturated carbocycles. The molecular formula is C28H52I2O6Si2. The molecule has 1 spiro atoms. The number of ketones is 2. The molecule has 0 radical (unpaired) electrons. The van der Waals surface area contributed by atoms with Gasteiger partial charge in [-0.15, -0.1) is 0 Å². The molecule has 3 fully saturated rings. The lowest BCUT2D eigenvalue weighted by Crippen LogP contribution is -2.51. The molecule has 10 heteroatoms. The average molecular weight is 795 g/mol. The van der Waals surface area contributed by atoms with Gasteiger partial charge in [0, 0.05) is 31.1 Å². The first-order chi connectivity index (χ1) is 17.0. The van der Waals surface area contributed by atoms with E-state index in [2.05, 4.69) is 119 Å². The minimum atomic E-state index is -1.92. The van der Waals surface area contributed by atoms with Crippen LogP contribution >= 0.6 is 45.2 Å².